The van der Waals surface area contributed by atoms with Crippen LogP contribution >= 0.6 is 11.3 Å². The van der Waals surface area contributed by atoms with Gasteiger partial charge in [0.1, 0.15) is 5.76 Å². The van der Waals surface area contributed by atoms with E-state index in [9.17, 15) is 4.79 Å². The van der Waals surface area contributed by atoms with Crippen molar-refractivity contribution < 1.29 is 4.42 Å². The van der Waals surface area contributed by atoms with Crippen LogP contribution in [0.3, 0.4) is 0 Å². The number of hydrogen-bond donors (Lipinski definition) is 0. The van der Waals surface area contributed by atoms with Crippen LogP contribution in [0.2, 0.25) is 0 Å². The number of furan rings is 1. The van der Waals surface area contributed by atoms with Gasteiger partial charge in [0.25, 0.3) is 0 Å². The molecule has 0 N–H and O–H groups in total. The largest absolute Gasteiger partial charge is 0.467 e. The van der Waals surface area contributed by atoms with Crippen molar-refractivity contribution >= 4 is 11.3 Å². The molecule has 0 aromatic carbocycles. The summed E-state index contributed by atoms with van der Waals surface area (Å²) in [6, 6.07) is 3.66. The fraction of sp³-hybridized carbons (Fsp3) is 0.125. The van der Waals surface area contributed by atoms with Gasteiger partial charge in [-0.15, -0.1) is 0 Å². The first-order valence-corrected chi connectivity index (χ1v) is 4.40. The Kier molecular flexibility index (Phi) is 1.83. The Morgan fingerprint density at radius 3 is 3.08 bits per heavy atom. The molecule has 0 saturated carbocycles. The number of thiazole rings is 1. The van der Waals surface area contributed by atoms with E-state index in [1.807, 2.05) is 12.1 Å². The van der Waals surface area contributed by atoms with Crippen LogP contribution in [0.15, 0.2) is 39.2 Å². The lowest BCUT2D eigenvalue weighted by Crippen LogP contribution is -2.11. The Bertz CT molecular complexity index is 399. The molecule has 3 nitrogen and oxygen atoms in total. The molecular formula is C8H7NO2S. The van der Waals surface area contributed by atoms with Gasteiger partial charge in [0.2, 0.25) is 0 Å². The second-order valence-electron chi connectivity index (χ2n) is 2.38. The second-order valence-corrected chi connectivity index (χ2v) is 3.23. The number of nitrogens with zero attached hydrogens (tertiary/aromatic N) is 1. The monoisotopic (exact) mass is 181 g/mol. The average Bonchev–Trinajstić information content (AvgIpc) is 2.65. The first kappa shape index (κ1) is 7.36. The molecule has 12 heavy (non-hydrogen) atoms. The van der Waals surface area contributed by atoms with E-state index in [-0.39, 0.29) is 4.87 Å². The van der Waals surface area contributed by atoms with Gasteiger partial charge < -0.3 is 4.42 Å². The molecule has 0 bridgehead atoms. The zero-order valence-electron chi connectivity index (χ0n) is 6.27. The van der Waals surface area contributed by atoms with E-state index < -0.39 is 0 Å². The van der Waals surface area contributed by atoms with Gasteiger partial charge in [-0.05, 0) is 12.1 Å². The van der Waals surface area contributed by atoms with Crippen LogP contribution in [0.25, 0.3) is 0 Å². The van der Waals surface area contributed by atoms with Crippen molar-refractivity contribution in [3.8, 4) is 0 Å². The van der Waals surface area contributed by atoms with E-state index in [0.717, 1.165) is 5.76 Å². The van der Waals surface area contributed by atoms with Gasteiger partial charge in [-0.25, -0.2) is 0 Å². The molecule has 0 amide bonds. The van der Waals surface area contributed by atoms with Gasteiger partial charge in [-0.3, -0.25) is 9.36 Å². The van der Waals surface area contributed by atoms with Crippen molar-refractivity contribution in [2.75, 3.05) is 0 Å². The molecule has 0 saturated heterocycles. The molecule has 0 atom stereocenters. The third-order valence-electron chi connectivity index (χ3n) is 1.55. The van der Waals surface area contributed by atoms with Gasteiger partial charge >= 0.3 is 4.87 Å². The van der Waals surface area contributed by atoms with E-state index >= 15 is 0 Å². The quantitative estimate of drug-likeness (QED) is 0.704. The molecule has 0 unspecified atom stereocenters. The van der Waals surface area contributed by atoms with Crippen molar-refractivity contribution in [1.29, 1.82) is 0 Å². The number of hydrogen-bond acceptors (Lipinski definition) is 3. The summed E-state index contributed by atoms with van der Waals surface area (Å²) in [5, 5.41) is 1.77. The Balaban J connectivity index is 2.25. The van der Waals surface area contributed by atoms with E-state index in [2.05, 4.69) is 0 Å². The highest BCUT2D eigenvalue weighted by Crippen LogP contribution is 2.02. The first-order valence-electron chi connectivity index (χ1n) is 3.52. The lowest BCUT2D eigenvalue weighted by atomic mass is 10.4. The highest BCUT2D eigenvalue weighted by atomic mass is 32.1. The van der Waals surface area contributed by atoms with Crippen LogP contribution in [-0.4, -0.2) is 4.57 Å². The maximum atomic E-state index is 11.1. The van der Waals surface area contributed by atoms with E-state index in [1.54, 1.807) is 22.4 Å². The summed E-state index contributed by atoms with van der Waals surface area (Å²) in [6.45, 7) is 0.523. The Labute approximate surface area is 72.9 Å². The summed E-state index contributed by atoms with van der Waals surface area (Å²) in [7, 11) is 0. The zero-order valence-corrected chi connectivity index (χ0v) is 7.08. The van der Waals surface area contributed by atoms with Gasteiger partial charge in [0.05, 0.1) is 12.8 Å². The first-order chi connectivity index (χ1) is 5.86. The van der Waals surface area contributed by atoms with Crippen molar-refractivity contribution in [1.82, 2.24) is 4.57 Å². The highest BCUT2D eigenvalue weighted by Gasteiger charge is 1.99. The number of rotatable bonds is 2. The van der Waals surface area contributed by atoms with Crippen LogP contribution < -0.4 is 4.87 Å². The van der Waals surface area contributed by atoms with E-state index in [1.165, 1.54) is 11.3 Å². The Morgan fingerprint density at radius 1 is 1.58 bits per heavy atom. The highest BCUT2D eigenvalue weighted by molar-refractivity contribution is 7.07. The fourth-order valence-corrected chi connectivity index (χ4v) is 1.56. The molecule has 0 aliphatic carbocycles. The molecule has 2 aromatic rings. The Hall–Kier alpha value is -1.29. The minimum atomic E-state index is 0.0476. The lowest BCUT2D eigenvalue weighted by molar-refractivity contribution is 0.492. The smallest absolute Gasteiger partial charge is 0.307 e. The SMILES string of the molecule is O=c1sccn1Cc1ccco1. The topological polar surface area (TPSA) is 35.1 Å². The van der Waals surface area contributed by atoms with Crippen LogP contribution in [0, 0.1) is 0 Å². The summed E-state index contributed by atoms with van der Waals surface area (Å²) < 4.78 is 6.72. The molecule has 0 radical (unpaired) electrons. The molecule has 2 heterocycles. The van der Waals surface area contributed by atoms with Crippen molar-refractivity contribution in [3.63, 3.8) is 0 Å². The summed E-state index contributed by atoms with van der Waals surface area (Å²) >= 11 is 1.19. The van der Waals surface area contributed by atoms with Crippen LogP contribution in [-0.2, 0) is 6.54 Å². The van der Waals surface area contributed by atoms with Crippen LogP contribution in [0.5, 0.6) is 0 Å². The summed E-state index contributed by atoms with van der Waals surface area (Å²) in [5.74, 6) is 0.801. The van der Waals surface area contributed by atoms with Gasteiger partial charge in [0.15, 0.2) is 0 Å². The van der Waals surface area contributed by atoms with Crippen LogP contribution in [0.1, 0.15) is 5.76 Å². The molecule has 0 aliphatic rings. The predicted molar refractivity (Wildman–Crippen MR) is 46.4 cm³/mol. The molecule has 0 fully saturated rings. The van der Waals surface area contributed by atoms with E-state index in [0.29, 0.717) is 6.54 Å². The van der Waals surface area contributed by atoms with Gasteiger partial charge in [0, 0.05) is 11.6 Å². The van der Waals surface area contributed by atoms with Crippen molar-refractivity contribution in [2.24, 2.45) is 0 Å². The van der Waals surface area contributed by atoms with Gasteiger partial charge in [-0.1, -0.05) is 11.3 Å². The molecule has 0 spiro atoms. The summed E-state index contributed by atoms with van der Waals surface area (Å²) in [5.41, 5.74) is 0. The molecular weight excluding hydrogens is 174 g/mol. The third kappa shape index (κ3) is 1.33. The molecule has 0 aliphatic heterocycles. The number of aromatic nitrogens is 1. The minimum Gasteiger partial charge on any atom is -0.467 e. The zero-order chi connectivity index (χ0) is 8.39. The predicted octanol–water partition coefficient (Wildman–Crippen LogP) is 1.55. The van der Waals surface area contributed by atoms with Crippen molar-refractivity contribution in [2.45, 2.75) is 6.54 Å². The maximum Gasteiger partial charge on any atom is 0.307 e. The van der Waals surface area contributed by atoms with Gasteiger partial charge in [-0.2, -0.15) is 0 Å². The standard InChI is InChI=1S/C8H7NO2S/c10-8-9(3-5-12-8)6-7-2-1-4-11-7/h1-5H,6H2. The summed E-state index contributed by atoms with van der Waals surface area (Å²) in [6.07, 6.45) is 3.36. The molecule has 2 rings (SSSR count). The third-order valence-corrected chi connectivity index (χ3v) is 2.24. The molecule has 4 heteroatoms. The van der Waals surface area contributed by atoms with Crippen molar-refractivity contribution in [3.05, 3.63) is 45.4 Å². The fourth-order valence-electron chi connectivity index (χ4n) is 0.978. The normalized spacial score (nSPS) is 10.3. The average molecular weight is 181 g/mol. The minimum absolute atomic E-state index is 0.0476. The van der Waals surface area contributed by atoms with E-state index in [4.69, 9.17) is 4.42 Å². The lowest BCUT2D eigenvalue weighted by Gasteiger charge is -1.95. The molecule has 2 aromatic heterocycles. The summed E-state index contributed by atoms with van der Waals surface area (Å²) in [4.78, 5) is 11.1. The maximum absolute atomic E-state index is 11.1. The second kappa shape index (κ2) is 2.98. The van der Waals surface area contributed by atoms with Crippen LogP contribution in [0.4, 0.5) is 0 Å². The Morgan fingerprint density at radius 2 is 2.50 bits per heavy atom. The molecule has 62 valence electrons.